The summed E-state index contributed by atoms with van der Waals surface area (Å²) in [6.45, 7) is 0.738. The fraction of sp³-hybridized carbons (Fsp3) is 0.133. The Bertz CT molecular complexity index is 656. The molecule has 1 aliphatic rings. The standard InChI is InChI=1S/C15H11ClINO/c16-12-9-11(5-6-13(12)17)15(19)18-8-7-10-3-1-2-4-14(10)18/h1-6,9H,7-8H2. The van der Waals surface area contributed by atoms with Gasteiger partial charge in [0.2, 0.25) is 0 Å². The van der Waals surface area contributed by atoms with Gasteiger partial charge >= 0.3 is 0 Å². The van der Waals surface area contributed by atoms with E-state index in [2.05, 4.69) is 28.7 Å². The summed E-state index contributed by atoms with van der Waals surface area (Å²) in [6.07, 6.45) is 0.917. The van der Waals surface area contributed by atoms with Gasteiger partial charge in [-0.1, -0.05) is 29.8 Å². The number of halogens is 2. The van der Waals surface area contributed by atoms with E-state index in [-0.39, 0.29) is 5.91 Å². The van der Waals surface area contributed by atoms with Gasteiger partial charge in [0.1, 0.15) is 0 Å². The second-order valence-corrected chi connectivity index (χ2v) is 6.03. The molecule has 1 aliphatic heterocycles. The fourth-order valence-electron chi connectivity index (χ4n) is 2.33. The summed E-state index contributed by atoms with van der Waals surface area (Å²) < 4.78 is 0.956. The molecule has 0 aromatic heterocycles. The molecule has 0 radical (unpaired) electrons. The number of anilines is 1. The van der Waals surface area contributed by atoms with E-state index in [9.17, 15) is 4.79 Å². The van der Waals surface area contributed by atoms with Crippen molar-refractivity contribution >= 4 is 45.8 Å². The van der Waals surface area contributed by atoms with Crippen LogP contribution in [0, 0.1) is 3.57 Å². The first-order chi connectivity index (χ1) is 9.16. The Balaban J connectivity index is 1.95. The predicted octanol–water partition coefficient (Wildman–Crippen LogP) is 4.15. The average molecular weight is 384 g/mol. The first-order valence-corrected chi connectivity index (χ1v) is 7.47. The first kappa shape index (κ1) is 12.9. The SMILES string of the molecule is O=C(c1ccc(I)c(Cl)c1)N1CCc2ccccc21. The Morgan fingerprint density at radius 3 is 2.79 bits per heavy atom. The van der Waals surface area contributed by atoms with Crippen molar-refractivity contribution in [1.82, 2.24) is 0 Å². The fourth-order valence-corrected chi connectivity index (χ4v) is 2.85. The summed E-state index contributed by atoms with van der Waals surface area (Å²) in [6, 6.07) is 13.5. The van der Waals surface area contributed by atoms with Gasteiger partial charge in [0.15, 0.2) is 0 Å². The molecule has 96 valence electrons. The zero-order valence-electron chi connectivity index (χ0n) is 10.1. The van der Waals surface area contributed by atoms with Crippen LogP contribution in [0.1, 0.15) is 15.9 Å². The number of para-hydroxylation sites is 1. The van der Waals surface area contributed by atoms with Gasteiger partial charge in [0, 0.05) is 21.4 Å². The Morgan fingerprint density at radius 2 is 2.00 bits per heavy atom. The van der Waals surface area contributed by atoms with Gasteiger partial charge in [-0.25, -0.2) is 0 Å². The molecule has 1 heterocycles. The Kier molecular flexibility index (Phi) is 3.50. The van der Waals surface area contributed by atoms with E-state index in [1.807, 2.05) is 35.2 Å². The lowest BCUT2D eigenvalue weighted by atomic mass is 10.1. The summed E-state index contributed by atoms with van der Waals surface area (Å²) in [7, 11) is 0. The molecule has 2 nitrogen and oxygen atoms in total. The second kappa shape index (κ2) is 5.13. The molecule has 0 fully saturated rings. The number of hydrogen-bond donors (Lipinski definition) is 0. The first-order valence-electron chi connectivity index (χ1n) is 6.01. The van der Waals surface area contributed by atoms with Crippen LogP contribution < -0.4 is 4.90 Å². The third-order valence-corrected chi connectivity index (χ3v) is 4.87. The van der Waals surface area contributed by atoms with Crippen molar-refractivity contribution in [3.05, 3.63) is 62.2 Å². The number of carbonyl (C=O) groups excluding carboxylic acids is 1. The minimum Gasteiger partial charge on any atom is -0.308 e. The van der Waals surface area contributed by atoms with Crippen molar-refractivity contribution in [2.24, 2.45) is 0 Å². The molecule has 4 heteroatoms. The molecule has 0 bridgehead atoms. The van der Waals surface area contributed by atoms with E-state index in [1.54, 1.807) is 6.07 Å². The van der Waals surface area contributed by atoms with Gasteiger partial charge in [-0.15, -0.1) is 0 Å². The van der Waals surface area contributed by atoms with Crippen LogP contribution in [-0.4, -0.2) is 12.5 Å². The molecule has 0 N–H and O–H groups in total. The number of benzene rings is 2. The minimum atomic E-state index is 0.0169. The summed E-state index contributed by atoms with van der Waals surface area (Å²) in [5.74, 6) is 0.0169. The maximum atomic E-state index is 12.5. The topological polar surface area (TPSA) is 20.3 Å². The second-order valence-electron chi connectivity index (χ2n) is 4.46. The van der Waals surface area contributed by atoms with Gasteiger partial charge in [-0.3, -0.25) is 4.79 Å². The van der Waals surface area contributed by atoms with Gasteiger partial charge in [0.05, 0.1) is 5.02 Å². The molecule has 0 unspecified atom stereocenters. The maximum absolute atomic E-state index is 12.5. The molecule has 0 atom stereocenters. The lowest BCUT2D eigenvalue weighted by Gasteiger charge is -2.17. The number of amides is 1. The van der Waals surface area contributed by atoms with Crippen LogP contribution in [-0.2, 0) is 6.42 Å². The van der Waals surface area contributed by atoms with E-state index in [4.69, 9.17) is 11.6 Å². The molecule has 3 rings (SSSR count). The molecule has 0 saturated heterocycles. The zero-order chi connectivity index (χ0) is 13.4. The van der Waals surface area contributed by atoms with Crippen LogP contribution in [0.2, 0.25) is 5.02 Å². The molecule has 1 amide bonds. The third-order valence-electron chi connectivity index (χ3n) is 3.30. The molecule has 19 heavy (non-hydrogen) atoms. The predicted molar refractivity (Wildman–Crippen MR) is 86.0 cm³/mol. The van der Waals surface area contributed by atoms with Crippen LogP contribution in [0.3, 0.4) is 0 Å². The average Bonchev–Trinajstić information content (AvgIpc) is 2.85. The third kappa shape index (κ3) is 2.37. The molecule has 0 saturated carbocycles. The number of hydrogen-bond acceptors (Lipinski definition) is 1. The lowest BCUT2D eigenvalue weighted by molar-refractivity contribution is 0.0989. The normalized spacial score (nSPS) is 13.5. The molecular weight excluding hydrogens is 373 g/mol. The summed E-state index contributed by atoms with van der Waals surface area (Å²) in [5.41, 5.74) is 2.89. The molecule has 0 aliphatic carbocycles. The van der Waals surface area contributed by atoms with Crippen molar-refractivity contribution in [3.8, 4) is 0 Å². The Labute approximate surface area is 130 Å². The molecule has 2 aromatic carbocycles. The van der Waals surface area contributed by atoms with E-state index in [1.165, 1.54) is 5.56 Å². The van der Waals surface area contributed by atoms with Crippen LogP contribution in [0.4, 0.5) is 5.69 Å². The summed E-state index contributed by atoms with van der Waals surface area (Å²) in [5, 5.41) is 0.624. The van der Waals surface area contributed by atoms with E-state index in [0.717, 1.165) is 22.2 Å². The highest BCUT2D eigenvalue weighted by molar-refractivity contribution is 14.1. The number of fused-ring (bicyclic) bond motifs is 1. The van der Waals surface area contributed by atoms with E-state index in [0.29, 0.717) is 10.6 Å². The summed E-state index contributed by atoms with van der Waals surface area (Å²) in [4.78, 5) is 14.4. The van der Waals surface area contributed by atoms with E-state index < -0.39 is 0 Å². The van der Waals surface area contributed by atoms with Crippen LogP contribution in [0.25, 0.3) is 0 Å². The highest BCUT2D eigenvalue weighted by Crippen LogP contribution is 2.29. The Hall–Kier alpha value is -1.07. The van der Waals surface area contributed by atoms with Crippen LogP contribution in [0.5, 0.6) is 0 Å². The lowest BCUT2D eigenvalue weighted by Crippen LogP contribution is -2.28. The largest absolute Gasteiger partial charge is 0.308 e. The molecular formula is C15H11ClINO. The minimum absolute atomic E-state index is 0.0169. The van der Waals surface area contributed by atoms with Crippen molar-refractivity contribution in [2.45, 2.75) is 6.42 Å². The molecule has 0 spiro atoms. The van der Waals surface area contributed by atoms with Crippen molar-refractivity contribution in [1.29, 1.82) is 0 Å². The quantitative estimate of drug-likeness (QED) is 0.678. The summed E-state index contributed by atoms with van der Waals surface area (Å²) >= 11 is 8.24. The number of rotatable bonds is 1. The van der Waals surface area contributed by atoms with Crippen LogP contribution >= 0.6 is 34.2 Å². The van der Waals surface area contributed by atoms with Crippen molar-refractivity contribution < 1.29 is 4.79 Å². The Morgan fingerprint density at radius 1 is 1.21 bits per heavy atom. The number of nitrogens with zero attached hydrogens (tertiary/aromatic N) is 1. The highest BCUT2D eigenvalue weighted by atomic mass is 127. The maximum Gasteiger partial charge on any atom is 0.258 e. The van der Waals surface area contributed by atoms with E-state index >= 15 is 0 Å². The van der Waals surface area contributed by atoms with Gasteiger partial charge in [-0.2, -0.15) is 0 Å². The number of carbonyl (C=O) groups is 1. The van der Waals surface area contributed by atoms with Gasteiger partial charge in [-0.05, 0) is 58.8 Å². The monoisotopic (exact) mass is 383 g/mol. The zero-order valence-corrected chi connectivity index (χ0v) is 13.0. The molecule has 2 aromatic rings. The smallest absolute Gasteiger partial charge is 0.258 e. The highest BCUT2D eigenvalue weighted by Gasteiger charge is 2.25. The van der Waals surface area contributed by atoms with Gasteiger partial charge < -0.3 is 4.90 Å². The van der Waals surface area contributed by atoms with Crippen molar-refractivity contribution in [3.63, 3.8) is 0 Å². The van der Waals surface area contributed by atoms with Crippen LogP contribution in [0.15, 0.2) is 42.5 Å². The van der Waals surface area contributed by atoms with Crippen molar-refractivity contribution in [2.75, 3.05) is 11.4 Å². The van der Waals surface area contributed by atoms with Gasteiger partial charge in [0.25, 0.3) is 5.91 Å².